The van der Waals surface area contributed by atoms with Gasteiger partial charge in [-0.1, -0.05) is 29.8 Å². The van der Waals surface area contributed by atoms with E-state index in [1.807, 2.05) is 0 Å². The topological polar surface area (TPSA) is 67.4 Å². The van der Waals surface area contributed by atoms with E-state index in [4.69, 9.17) is 16.3 Å². The molecule has 0 unspecified atom stereocenters. The number of methoxy groups -OCH3 is 1. The second kappa shape index (κ2) is 8.48. The van der Waals surface area contributed by atoms with Crippen LogP contribution in [0.25, 0.3) is 0 Å². The van der Waals surface area contributed by atoms with Crippen molar-refractivity contribution in [3.8, 4) is 5.75 Å². The highest BCUT2D eigenvalue weighted by atomic mass is 35.5. The van der Waals surface area contributed by atoms with E-state index in [-0.39, 0.29) is 12.3 Å². The molecule has 0 heterocycles. The third-order valence-corrected chi connectivity index (χ3v) is 3.91. The maximum Gasteiger partial charge on any atom is 0.253 e. The van der Waals surface area contributed by atoms with Gasteiger partial charge in [-0.25, -0.2) is 4.39 Å². The molecule has 0 bridgehead atoms. The lowest BCUT2D eigenvalue weighted by Gasteiger charge is -2.15. The fourth-order valence-corrected chi connectivity index (χ4v) is 2.45. The molecular formula is C18H18ClFN2O3. The van der Waals surface area contributed by atoms with Gasteiger partial charge in [-0.2, -0.15) is 0 Å². The summed E-state index contributed by atoms with van der Waals surface area (Å²) in [6.07, 6.45) is 0. The van der Waals surface area contributed by atoms with Gasteiger partial charge < -0.3 is 15.4 Å². The van der Waals surface area contributed by atoms with Crippen LogP contribution >= 0.6 is 11.6 Å². The molecule has 2 N–H and O–H groups in total. The number of benzene rings is 2. The molecule has 1 atom stereocenters. The zero-order chi connectivity index (χ0) is 18.4. The van der Waals surface area contributed by atoms with Crippen LogP contribution in [0, 0.1) is 5.82 Å². The molecule has 2 aromatic rings. The number of halogens is 2. The van der Waals surface area contributed by atoms with Crippen LogP contribution in [0.5, 0.6) is 5.75 Å². The van der Waals surface area contributed by atoms with Crippen molar-refractivity contribution in [2.75, 3.05) is 13.7 Å². The molecule has 0 saturated heterocycles. The highest BCUT2D eigenvalue weighted by molar-refractivity contribution is 6.33. The van der Waals surface area contributed by atoms with Crippen LogP contribution in [0.4, 0.5) is 4.39 Å². The molecule has 5 nitrogen and oxygen atoms in total. The Balaban J connectivity index is 1.90. The van der Waals surface area contributed by atoms with Gasteiger partial charge >= 0.3 is 0 Å². The van der Waals surface area contributed by atoms with Gasteiger partial charge in [0, 0.05) is 0 Å². The summed E-state index contributed by atoms with van der Waals surface area (Å²) in [7, 11) is 1.38. The maximum absolute atomic E-state index is 13.7. The number of ether oxygens (including phenoxy) is 1. The summed E-state index contributed by atoms with van der Waals surface area (Å²) in [6, 6.07) is 10.6. The van der Waals surface area contributed by atoms with Gasteiger partial charge in [0.15, 0.2) is 11.6 Å². The van der Waals surface area contributed by atoms with Crippen molar-refractivity contribution in [2.45, 2.75) is 13.0 Å². The lowest BCUT2D eigenvalue weighted by molar-refractivity contribution is -0.120. The fraction of sp³-hybridized carbons (Fsp3) is 0.222. The summed E-state index contributed by atoms with van der Waals surface area (Å²) in [5.74, 6) is -1.21. The molecule has 0 aliphatic carbocycles. The highest BCUT2D eigenvalue weighted by Gasteiger charge is 2.14. The molecule has 0 spiro atoms. The summed E-state index contributed by atoms with van der Waals surface area (Å²) in [6.45, 7) is 1.50. The number of hydrogen-bond acceptors (Lipinski definition) is 3. The van der Waals surface area contributed by atoms with Crippen molar-refractivity contribution in [3.05, 3.63) is 64.4 Å². The van der Waals surface area contributed by atoms with E-state index in [1.165, 1.54) is 19.2 Å². The first-order valence-corrected chi connectivity index (χ1v) is 7.95. The largest absolute Gasteiger partial charge is 0.494 e. The zero-order valence-corrected chi connectivity index (χ0v) is 14.6. The smallest absolute Gasteiger partial charge is 0.253 e. The van der Waals surface area contributed by atoms with E-state index in [1.54, 1.807) is 37.3 Å². The van der Waals surface area contributed by atoms with E-state index < -0.39 is 23.7 Å². The summed E-state index contributed by atoms with van der Waals surface area (Å²) < 4.78 is 18.6. The SMILES string of the molecule is COc1ccc([C@@H](C)NC(=O)CNC(=O)c2ccccc2Cl)cc1F. The van der Waals surface area contributed by atoms with Crippen LogP contribution in [0.3, 0.4) is 0 Å². The quantitative estimate of drug-likeness (QED) is 0.827. The minimum absolute atomic E-state index is 0.134. The Morgan fingerprint density at radius 1 is 1.24 bits per heavy atom. The standard InChI is InChI=1S/C18H18ClFN2O3/c1-11(12-7-8-16(25-2)15(20)9-12)22-17(23)10-21-18(24)13-5-3-4-6-14(13)19/h3-9,11H,10H2,1-2H3,(H,21,24)(H,22,23)/t11-/m1/s1. The van der Waals surface area contributed by atoms with Crippen LogP contribution in [0.1, 0.15) is 28.9 Å². The fourth-order valence-electron chi connectivity index (χ4n) is 2.23. The molecule has 0 saturated carbocycles. The first-order valence-electron chi connectivity index (χ1n) is 7.58. The molecule has 0 aliphatic rings. The Morgan fingerprint density at radius 2 is 1.96 bits per heavy atom. The Hall–Kier alpha value is -2.60. The monoisotopic (exact) mass is 364 g/mol. The number of nitrogens with one attached hydrogen (secondary N) is 2. The minimum Gasteiger partial charge on any atom is -0.494 e. The molecule has 0 aliphatic heterocycles. The molecule has 132 valence electrons. The lowest BCUT2D eigenvalue weighted by atomic mass is 10.1. The van der Waals surface area contributed by atoms with Crippen molar-refractivity contribution in [3.63, 3.8) is 0 Å². The predicted molar refractivity (Wildman–Crippen MR) is 93.3 cm³/mol. The number of rotatable bonds is 6. The lowest BCUT2D eigenvalue weighted by Crippen LogP contribution is -2.38. The summed E-state index contributed by atoms with van der Waals surface area (Å²) >= 11 is 5.93. The van der Waals surface area contributed by atoms with Crippen LogP contribution in [-0.4, -0.2) is 25.5 Å². The van der Waals surface area contributed by atoms with Gasteiger partial charge in [0.05, 0.1) is 30.3 Å². The number of carbonyl (C=O) groups is 2. The van der Waals surface area contributed by atoms with Crippen LogP contribution in [0.15, 0.2) is 42.5 Å². The first kappa shape index (κ1) is 18.7. The Morgan fingerprint density at radius 3 is 2.60 bits per heavy atom. The molecule has 7 heteroatoms. The second-order valence-corrected chi connectivity index (χ2v) is 5.75. The maximum atomic E-state index is 13.7. The van der Waals surface area contributed by atoms with E-state index in [0.29, 0.717) is 16.1 Å². The van der Waals surface area contributed by atoms with E-state index in [0.717, 1.165) is 0 Å². The second-order valence-electron chi connectivity index (χ2n) is 5.35. The van der Waals surface area contributed by atoms with Crippen molar-refractivity contribution < 1.29 is 18.7 Å². The van der Waals surface area contributed by atoms with Crippen molar-refractivity contribution >= 4 is 23.4 Å². The van der Waals surface area contributed by atoms with Gasteiger partial charge in [0.1, 0.15) is 0 Å². The van der Waals surface area contributed by atoms with Crippen LogP contribution in [0.2, 0.25) is 5.02 Å². The van der Waals surface area contributed by atoms with Gasteiger partial charge in [0.2, 0.25) is 5.91 Å². The van der Waals surface area contributed by atoms with Gasteiger partial charge in [-0.05, 0) is 36.8 Å². The van der Waals surface area contributed by atoms with Gasteiger partial charge in [-0.15, -0.1) is 0 Å². The predicted octanol–water partition coefficient (Wildman–Crippen LogP) is 3.09. The highest BCUT2D eigenvalue weighted by Crippen LogP contribution is 2.21. The third-order valence-electron chi connectivity index (χ3n) is 3.58. The van der Waals surface area contributed by atoms with E-state index in [2.05, 4.69) is 10.6 Å². The van der Waals surface area contributed by atoms with Crippen molar-refractivity contribution in [2.24, 2.45) is 0 Å². The Labute approximate surface area is 150 Å². The number of hydrogen-bond donors (Lipinski definition) is 2. The average Bonchev–Trinajstić information content (AvgIpc) is 2.60. The van der Waals surface area contributed by atoms with Crippen LogP contribution < -0.4 is 15.4 Å². The number of amides is 2. The molecular weight excluding hydrogens is 347 g/mol. The summed E-state index contributed by atoms with van der Waals surface area (Å²) in [5.41, 5.74) is 0.881. The summed E-state index contributed by atoms with van der Waals surface area (Å²) in [5, 5.41) is 5.49. The molecule has 25 heavy (non-hydrogen) atoms. The Bertz CT molecular complexity index is 783. The normalized spacial score (nSPS) is 11.5. The van der Waals surface area contributed by atoms with Crippen molar-refractivity contribution in [1.29, 1.82) is 0 Å². The first-order chi connectivity index (χ1) is 11.9. The molecule has 2 amide bonds. The van der Waals surface area contributed by atoms with Gasteiger partial charge in [0.25, 0.3) is 5.91 Å². The van der Waals surface area contributed by atoms with Crippen molar-refractivity contribution in [1.82, 2.24) is 10.6 Å². The molecule has 2 aromatic carbocycles. The zero-order valence-electron chi connectivity index (χ0n) is 13.8. The molecule has 0 fully saturated rings. The number of carbonyl (C=O) groups excluding carboxylic acids is 2. The molecule has 0 radical (unpaired) electrons. The van der Waals surface area contributed by atoms with Gasteiger partial charge in [-0.3, -0.25) is 9.59 Å². The minimum atomic E-state index is -0.506. The molecule has 0 aromatic heterocycles. The van der Waals surface area contributed by atoms with Crippen LogP contribution in [-0.2, 0) is 4.79 Å². The Kier molecular flexibility index (Phi) is 6.36. The average molecular weight is 365 g/mol. The molecule has 2 rings (SSSR count). The van der Waals surface area contributed by atoms with E-state index in [9.17, 15) is 14.0 Å². The van der Waals surface area contributed by atoms with E-state index >= 15 is 0 Å². The third kappa shape index (κ3) is 4.93. The summed E-state index contributed by atoms with van der Waals surface area (Å²) in [4.78, 5) is 24.0.